The van der Waals surface area contributed by atoms with Gasteiger partial charge in [0.1, 0.15) is 5.82 Å². The van der Waals surface area contributed by atoms with Crippen molar-refractivity contribution in [2.45, 2.75) is 6.54 Å². The molecule has 0 unspecified atom stereocenters. The molecule has 1 aromatic heterocycles. The summed E-state index contributed by atoms with van der Waals surface area (Å²) in [5.74, 6) is -0.287. The van der Waals surface area contributed by atoms with Crippen molar-refractivity contribution in [2.75, 3.05) is 5.73 Å². The second-order valence-corrected chi connectivity index (χ2v) is 4.11. The van der Waals surface area contributed by atoms with Gasteiger partial charge in [-0.2, -0.15) is 5.10 Å². The SMILES string of the molecule is Nc1ccc(F)cc1Cn1cc(Br)cn1. The third kappa shape index (κ3) is 2.36. The monoisotopic (exact) mass is 269 g/mol. The Balaban J connectivity index is 2.27. The van der Waals surface area contributed by atoms with E-state index < -0.39 is 0 Å². The minimum Gasteiger partial charge on any atom is -0.398 e. The predicted molar refractivity (Wildman–Crippen MR) is 59.8 cm³/mol. The van der Waals surface area contributed by atoms with E-state index in [4.69, 9.17) is 5.73 Å². The molecule has 0 saturated carbocycles. The Bertz CT molecular complexity index is 481. The molecule has 0 aliphatic carbocycles. The van der Waals surface area contributed by atoms with Crippen LogP contribution in [0.15, 0.2) is 35.1 Å². The Hall–Kier alpha value is -1.36. The lowest BCUT2D eigenvalue weighted by Gasteiger charge is -2.05. The number of nitrogens with two attached hydrogens (primary N) is 1. The van der Waals surface area contributed by atoms with Crippen molar-refractivity contribution >= 4 is 21.6 Å². The smallest absolute Gasteiger partial charge is 0.123 e. The third-order valence-corrected chi connectivity index (χ3v) is 2.45. The molecule has 1 aromatic carbocycles. The number of rotatable bonds is 2. The van der Waals surface area contributed by atoms with Gasteiger partial charge in [-0.05, 0) is 39.7 Å². The standard InChI is InChI=1S/C10H9BrFN3/c11-8-4-14-15(6-8)5-7-3-9(12)1-2-10(7)13/h1-4,6H,5,13H2. The number of anilines is 1. The van der Waals surface area contributed by atoms with Crippen LogP contribution in [0.1, 0.15) is 5.56 Å². The van der Waals surface area contributed by atoms with Gasteiger partial charge < -0.3 is 5.73 Å². The summed E-state index contributed by atoms with van der Waals surface area (Å²) in [5.41, 5.74) is 7.02. The number of aromatic nitrogens is 2. The highest BCUT2D eigenvalue weighted by molar-refractivity contribution is 9.10. The molecule has 3 nitrogen and oxygen atoms in total. The number of nitrogens with zero attached hydrogens (tertiary/aromatic N) is 2. The van der Waals surface area contributed by atoms with E-state index >= 15 is 0 Å². The van der Waals surface area contributed by atoms with Crippen molar-refractivity contribution in [3.8, 4) is 0 Å². The van der Waals surface area contributed by atoms with E-state index in [1.807, 2.05) is 6.20 Å². The number of nitrogen functional groups attached to an aromatic ring is 1. The van der Waals surface area contributed by atoms with Gasteiger partial charge in [0.25, 0.3) is 0 Å². The molecule has 0 radical (unpaired) electrons. The number of benzene rings is 1. The highest BCUT2D eigenvalue weighted by Crippen LogP contribution is 2.15. The summed E-state index contributed by atoms with van der Waals surface area (Å²) >= 11 is 3.29. The molecule has 0 saturated heterocycles. The molecule has 2 N–H and O–H groups in total. The first-order valence-corrected chi connectivity index (χ1v) is 5.16. The normalized spacial score (nSPS) is 10.5. The van der Waals surface area contributed by atoms with Crippen molar-refractivity contribution in [2.24, 2.45) is 0 Å². The van der Waals surface area contributed by atoms with Gasteiger partial charge in [0.05, 0.1) is 17.2 Å². The molecular formula is C10H9BrFN3. The second kappa shape index (κ2) is 4.02. The minimum atomic E-state index is -0.287. The number of hydrogen-bond acceptors (Lipinski definition) is 2. The molecule has 2 aromatic rings. The van der Waals surface area contributed by atoms with Gasteiger partial charge in [0, 0.05) is 11.9 Å². The maximum absolute atomic E-state index is 13.0. The summed E-state index contributed by atoms with van der Waals surface area (Å²) in [6.07, 6.45) is 3.49. The van der Waals surface area contributed by atoms with Crippen molar-refractivity contribution in [1.82, 2.24) is 9.78 Å². The van der Waals surface area contributed by atoms with Crippen LogP contribution < -0.4 is 5.73 Å². The first-order chi connectivity index (χ1) is 7.15. The predicted octanol–water partition coefficient (Wildman–Crippen LogP) is 2.42. The molecule has 1 heterocycles. The van der Waals surface area contributed by atoms with Crippen molar-refractivity contribution in [1.29, 1.82) is 0 Å². The fraction of sp³-hybridized carbons (Fsp3) is 0.100. The fourth-order valence-corrected chi connectivity index (χ4v) is 1.64. The Morgan fingerprint density at radius 3 is 2.93 bits per heavy atom. The topological polar surface area (TPSA) is 43.8 Å². The van der Waals surface area contributed by atoms with E-state index in [-0.39, 0.29) is 5.82 Å². The van der Waals surface area contributed by atoms with Gasteiger partial charge in [-0.25, -0.2) is 4.39 Å². The zero-order valence-corrected chi connectivity index (χ0v) is 9.41. The molecule has 15 heavy (non-hydrogen) atoms. The molecule has 78 valence electrons. The van der Waals surface area contributed by atoms with E-state index in [0.717, 1.165) is 10.0 Å². The summed E-state index contributed by atoms with van der Waals surface area (Å²) < 4.78 is 15.5. The molecule has 0 bridgehead atoms. The van der Waals surface area contributed by atoms with E-state index in [0.29, 0.717) is 12.2 Å². The van der Waals surface area contributed by atoms with Gasteiger partial charge in [-0.3, -0.25) is 4.68 Å². The highest BCUT2D eigenvalue weighted by Gasteiger charge is 2.03. The van der Waals surface area contributed by atoms with Gasteiger partial charge in [-0.15, -0.1) is 0 Å². The fourth-order valence-electron chi connectivity index (χ4n) is 1.31. The Kier molecular flexibility index (Phi) is 2.73. The van der Waals surface area contributed by atoms with Crippen LogP contribution in [-0.4, -0.2) is 9.78 Å². The number of hydrogen-bond donors (Lipinski definition) is 1. The van der Waals surface area contributed by atoms with Crippen molar-refractivity contribution in [3.63, 3.8) is 0 Å². The summed E-state index contributed by atoms with van der Waals surface area (Å²) in [5, 5.41) is 4.07. The second-order valence-electron chi connectivity index (χ2n) is 3.20. The lowest BCUT2D eigenvalue weighted by molar-refractivity contribution is 0.620. The average Bonchev–Trinajstić information content (AvgIpc) is 2.58. The van der Waals surface area contributed by atoms with Crippen molar-refractivity contribution < 1.29 is 4.39 Å². The molecule has 0 aliphatic heterocycles. The molecule has 0 amide bonds. The summed E-state index contributed by atoms with van der Waals surface area (Å²) in [7, 11) is 0. The first-order valence-electron chi connectivity index (χ1n) is 4.37. The Morgan fingerprint density at radius 2 is 2.27 bits per heavy atom. The van der Waals surface area contributed by atoms with E-state index in [9.17, 15) is 4.39 Å². The van der Waals surface area contributed by atoms with Crippen LogP contribution in [0.3, 0.4) is 0 Å². The molecule has 5 heteroatoms. The summed E-state index contributed by atoms with van der Waals surface area (Å²) in [6, 6.07) is 4.33. The lowest BCUT2D eigenvalue weighted by atomic mass is 10.2. The van der Waals surface area contributed by atoms with Crippen LogP contribution in [0.5, 0.6) is 0 Å². The quantitative estimate of drug-likeness (QED) is 0.851. The Labute approximate surface area is 94.8 Å². The van der Waals surface area contributed by atoms with Gasteiger partial charge in [0.15, 0.2) is 0 Å². The first kappa shape index (κ1) is 10.2. The maximum Gasteiger partial charge on any atom is 0.123 e. The van der Waals surface area contributed by atoms with Crippen LogP contribution in [0.25, 0.3) is 0 Å². The van der Waals surface area contributed by atoms with Crippen LogP contribution in [0.4, 0.5) is 10.1 Å². The molecule has 0 fully saturated rings. The zero-order valence-electron chi connectivity index (χ0n) is 7.82. The van der Waals surface area contributed by atoms with Crippen LogP contribution in [0.2, 0.25) is 0 Å². The highest BCUT2D eigenvalue weighted by atomic mass is 79.9. The van der Waals surface area contributed by atoms with Gasteiger partial charge >= 0.3 is 0 Å². The minimum absolute atomic E-state index is 0.287. The molecule has 0 atom stereocenters. The van der Waals surface area contributed by atoms with Crippen LogP contribution in [-0.2, 0) is 6.54 Å². The van der Waals surface area contributed by atoms with Gasteiger partial charge in [-0.1, -0.05) is 0 Å². The molecule has 0 aliphatic rings. The lowest BCUT2D eigenvalue weighted by Crippen LogP contribution is -2.03. The molecular weight excluding hydrogens is 261 g/mol. The summed E-state index contributed by atoms with van der Waals surface area (Å²) in [6.45, 7) is 0.467. The Morgan fingerprint density at radius 1 is 1.47 bits per heavy atom. The molecule has 0 spiro atoms. The zero-order chi connectivity index (χ0) is 10.8. The largest absolute Gasteiger partial charge is 0.398 e. The summed E-state index contributed by atoms with van der Waals surface area (Å²) in [4.78, 5) is 0. The van der Waals surface area contributed by atoms with Gasteiger partial charge in [0.2, 0.25) is 0 Å². The van der Waals surface area contributed by atoms with Crippen LogP contribution in [0, 0.1) is 5.82 Å². The van der Waals surface area contributed by atoms with Crippen LogP contribution >= 0.6 is 15.9 Å². The van der Waals surface area contributed by atoms with E-state index in [1.54, 1.807) is 16.9 Å². The molecule has 2 rings (SSSR count). The third-order valence-electron chi connectivity index (χ3n) is 2.04. The average molecular weight is 270 g/mol. The van der Waals surface area contributed by atoms with Crippen molar-refractivity contribution in [3.05, 3.63) is 46.4 Å². The number of halogens is 2. The van der Waals surface area contributed by atoms with E-state index in [2.05, 4.69) is 21.0 Å². The maximum atomic E-state index is 13.0. The van der Waals surface area contributed by atoms with E-state index in [1.165, 1.54) is 12.1 Å².